The molecule has 1 saturated heterocycles. The van der Waals surface area contributed by atoms with Crippen LogP contribution in [0.1, 0.15) is 26.7 Å². The smallest absolute Gasteiger partial charge is 0.0710 e. The summed E-state index contributed by atoms with van der Waals surface area (Å²) in [5.74, 6) is 0. The first kappa shape index (κ1) is 8.55. The third kappa shape index (κ3) is 1.54. The summed E-state index contributed by atoms with van der Waals surface area (Å²) in [6.07, 6.45) is 2.06. The molecule has 1 aliphatic rings. The Bertz CT molecular complexity index is 171. The Hall–Kier alpha value is -0.550. The molecule has 1 aliphatic heterocycles. The van der Waals surface area contributed by atoms with Gasteiger partial charge in [0, 0.05) is 6.54 Å². The summed E-state index contributed by atoms with van der Waals surface area (Å²) < 4.78 is 0. The van der Waals surface area contributed by atoms with E-state index >= 15 is 0 Å². The number of nitrogens with zero attached hydrogens (tertiary/aromatic N) is 2. The van der Waals surface area contributed by atoms with E-state index in [2.05, 4.69) is 24.8 Å². The Labute approximate surface area is 68.8 Å². The summed E-state index contributed by atoms with van der Waals surface area (Å²) in [5.41, 5.74) is -0.0178. The van der Waals surface area contributed by atoms with Crippen LogP contribution in [-0.4, -0.2) is 24.5 Å². The Morgan fingerprint density at radius 3 is 2.55 bits per heavy atom. The zero-order valence-electron chi connectivity index (χ0n) is 7.43. The average Bonchev–Trinajstić information content (AvgIpc) is 2.49. The molecule has 62 valence electrons. The van der Waals surface area contributed by atoms with Gasteiger partial charge in [-0.2, -0.15) is 5.26 Å². The molecule has 0 aliphatic carbocycles. The van der Waals surface area contributed by atoms with Crippen molar-refractivity contribution < 1.29 is 0 Å². The minimum Gasteiger partial charge on any atom is -0.302 e. The van der Waals surface area contributed by atoms with Crippen molar-refractivity contribution in [1.82, 2.24) is 4.90 Å². The summed E-state index contributed by atoms with van der Waals surface area (Å²) in [7, 11) is 0. The van der Waals surface area contributed by atoms with E-state index in [1.165, 1.54) is 0 Å². The second kappa shape index (κ2) is 3.23. The predicted molar refractivity (Wildman–Crippen MR) is 45.1 cm³/mol. The van der Waals surface area contributed by atoms with E-state index in [0.29, 0.717) is 0 Å². The number of rotatable bonds is 2. The maximum atomic E-state index is 8.95. The molecule has 0 aromatic carbocycles. The Morgan fingerprint density at radius 1 is 1.55 bits per heavy atom. The summed E-state index contributed by atoms with van der Waals surface area (Å²) >= 11 is 0. The third-order valence-electron chi connectivity index (χ3n) is 2.79. The van der Waals surface area contributed by atoms with Gasteiger partial charge in [-0.1, -0.05) is 13.8 Å². The number of nitriles is 1. The molecule has 0 saturated carbocycles. The highest BCUT2D eigenvalue weighted by atomic mass is 15.1. The lowest BCUT2D eigenvalue weighted by atomic mass is 9.86. The first-order chi connectivity index (χ1) is 5.26. The normalized spacial score (nSPS) is 32.1. The molecule has 2 heteroatoms. The van der Waals surface area contributed by atoms with Crippen LogP contribution >= 0.6 is 0 Å². The van der Waals surface area contributed by atoms with Crippen LogP contribution in [0.5, 0.6) is 0 Å². The fraction of sp³-hybridized carbons (Fsp3) is 0.889. The molecule has 1 heterocycles. The van der Waals surface area contributed by atoms with Crippen LogP contribution in [0, 0.1) is 16.7 Å². The maximum absolute atomic E-state index is 8.95. The lowest BCUT2D eigenvalue weighted by molar-refractivity contribution is 0.310. The van der Waals surface area contributed by atoms with Crippen LogP contribution < -0.4 is 0 Å². The van der Waals surface area contributed by atoms with Crippen molar-refractivity contribution in [3.63, 3.8) is 0 Å². The fourth-order valence-electron chi connectivity index (χ4n) is 1.69. The van der Waals surface area contributed by atoms with Crippen molar-refractivity contribution >= 4 is 0 Å². The molecule has 1 fully saturated rings. The van der Waals surface area contributed by atoms with Crippen LogP contribution in [0.25, 0.3) is 0 Å². The van der Waals surface area contributed by atoms with Gasteiger partial charge in [-0.3, -0.25) is 0 Å². The largest absolute Gasteiger partial charge is 0.302 e. The van der Waals surface area contributed by atoms with E-state index in [1.807, 2.05) is 0 Å². The van der Waals surface area contributed by atoms with Gasteiger partial charge in [0.1, 0.15) is 0 Å². The van der Waals surface area contributed by atoms with Crippen molar-refractivity contribution in [3.8, 4) is 6.07 Å². The van der Waals surface area contributed by atoms with E-state index in [0.717, 1.165) is 32.5 Å². The molecule has 0 radical (unpaired) electrons. The van der Waals surface area contributed by atoms with Gasteiger partial charge >= 0.3 is 0 Å². The first-order valence-corrected chi connectivity index (χ1v) is 4.40. The molecule has 1 rings (SSSR count). The average molecular weight is 152 g/mol. The number of hydrogen-bond acceptors (Lipinski definition) is 2. The monoisotopic (exact) mass is 152 g/mol. The van der Waals surface area contributed by atoms with Crippen LogP contribution in [0.3, 0.4) is 0 Å². The number of likely N-dealkylation sites (tertiary alicyclic amines) is 1. The summed E-state index contributed by atoms with van der Waals surface area (Å²) in [6, 6.07) is 2.45. The highest BCUT2D eigenvalue weighted by Gasteiger charge is 2.35. The molecule has 0 aromatic rings. The van der Waals surface area contributed by atoms with Crippen LogP contribution in [-0.2, 0) is 0 Å². The van der Waals surface area contributed by atoms with Crippen molar-refractivity contribution in [2.45, 2.75) is 26.7 Å². The minimum atomic E-state index is -0.0178. The topological polar surface area (TPSA) is 27.0 Å². The predicted octanol–water partition coefficient (Wildman–Crippen LogP) is 1.63. The summed E-state index contributed by atoms with van der Waals surface area (Å²) in [5, 5.41) is 8.95. The Kier molecular flexibility index (Phi) is 2.51. The van der Waals surface area contributed by atoms with Crippen molar-refractivity contribution in [2.75, 3.05) is 19.6 Å². The minimum absolute atomic E-state index is 0.0178. The standard InChI is InChI=1S/C9H16N2/c1-3-9(7-10)5-6-11(4-2)8-9/h3-6,8H2,1-2H3. The molecular formula is C9H16N2. The first-order valence-electron chi connectivity index (χ1n) is 4.40. The van der Waals surface area contributed by atoms with Gasteiger partial charge in [0.25, 0.3) is 0 Å². The van der Waals surface area contributed by atoms with E-state index in [9.17, 15) is 0 Å². The van der Waals surface area contributed by atoms with Crippen molar-refractivity contribution in [2.24, 2.45) is 5.41 Å². The zero-order valence-corrected chi connectivity index (χ0v) is 7.43. The molecule has 11 heavy (non-hydrogen) atoms. The lowest BCUT2D eigenvalue weighted by Crippen LogP contribution is -2.25. The molecule has 2 nitrogen and oxygen atoms in total. The van der Waals surface area contributed by atoms with Gasteiger partial charge in [0.15, 0.2) is 0 Å². The fourth-order valence-corrected chi connectivity index (χ4v) is 1.69. The molecule has 0 aromatic heterocycles. The Balaban J connectivity index is 2.57. The second-order valence-electron chi connectivity index (χ2n) is 3.36. The highest BCUT2D eigenvalue weighted by Crippen LogP contribution is 2.32. The van der Waals surface area contributed by atoms with E-state index < -0.39 is 0 Å². The van der Waals surface area contributed by atoms with Crippen LogP contribution in [0.2, 0.25) is 0 Å². The van der Waals surface area contributed by atoms with Gasteiger partial charge in [-0.15, -0.1) is 0 Å². The summed E-state index contributed by atoms with van der Waals surface area (Å²) in [4.78, 5) is 2.35. The van der Waals surface area contributed by atoms with Crippen LogP contribution in [0.15, 0.2) is 0 Å². The molecule has 0 N–H and O–H groups in total. The quantitative estimate of drug-likeness (QED) is 0.601. The van der Waals surface area contributed by atoms with E-state index in [-0.39, 0.29) is 5.41 Å². The van der Waals surface area contributed by atoms with Gasteiger partial charge < -0.3 is 4.90 Å². The molecule has 0 bridgehead atoms. The van der Waals surface area contributed by atoms with E-state index in [4.69, 9.17) is 5.26 Å². The molecular weight excluding hydrogens is 136 g/mol. The third-order valence-corrected chi connectivity index (χ3v) is 2.79. The van der Waals surface area contributed by atoms with Crippen LogP contribution in [0.4, 0.5) is 0 Å². The lowest BCUT2D eigenvalue weighted by Gasteiger charge is -2.18. The molecule has 0 spiro atoms. The zero-order chi connectivity index (χ0) is 8.32. The number of hydrogen-bond donors (Lipinski definition) is 0. The van der Waals surface area contributed by atoms with Crippen molar-refractivity contribution in [3.05, 3.63) is 0 Å². The summed E-state index contributed by atoms with van der Waals surface area (Å²) in [6.45, 7) is 7.45. The maximum Gasteiger partial charge on any atom is 0.0710 e. The van der Waals surface area contributed by atoms with E-state index in [1.54, 1.807) is 0 Å². The van der Waals surface area contributed by atoms with Crippen molar-refractivity contribution in [1.29, 1.82) is 5.26 Å². The van der Waals surface area contributed by atoms with Gasteiger partial charge in [-0.25, -0.2) is 0 Å². The van der Waals surface area contributed by atoms with Gasteiger partial charge in [0.2, 0.25) is 0 Å². The van der Waals surface area contributed by atoms with Gasteiger partial charge in [-0.05, 0) is 25.9 Å². The van der Waals surface area contributed by atoms with Gasteiger partial charge in [0.05, 0.1) is 11.5 Å². The second-order valence-corrected chi connectivity index (χ2v) is 3.36. The molecule has 0 amide bonds. The Morgan fingerprint density at radius 2 is 2.27 bits per heavy atom. The highest BCUT2D eigenvalue weighted by molar-refractivity contribution is 5.03. The molecule has 1 atom stereocenters. The molecule has 1 unspecified atom stereocenters. The SMILES string of the molecule is CCN1CCC(C#N)(CC)C1.